The van der Waals surface area contributed by atoms with Crippen LogP contribution in [0.5, 0.6) is 0 Å². The number of amides is 2. The fraction of sp³-hybridized carbons (Fsp3) is 0.350. The molecule has 1 atom stereocenters. The number of pyridine rings is 1. The maximum Gasteiger partial charge on any atom is 0.280 e. The molecule has 0 fully saturated rings. The number of aliphatic hydroxyl groups is 1. The van der Waals surface area contributed by atoms with Crippen molar-refractivity contribution >= 4 is 23.3 Å². The molecule has 0 aliphatic carbocycles. The van der Waals surface area contributed by atoms with Crippen LogP contribution in [0.1, 0.15) is 35.6 Å². The Morgan fingerprint density at radius 2 is 2.13 bits per heavy atom. The molecule has 4 rings (SSSR count). The summed E-state index contributed by atoms with van der Waals surface area (Å²) in [6.45, 7) is 3.03. The van der Waals surface area contributed by atoms with Crippen LogP contribution in [-0.4, -0.2) is 53.6 Å². The summed E-state index contributed by atoms with van der Waals surface area (Å²) in [4.78, 5) is 44.0. The van der Waals surface area contributed by atoms with Crippen molar-refractivity contribution in [3.63, 3.8) is 0 Å². The number of halogens is 1. The molecule has 0 radical (unpaired) electrons. The molecule has 3 aromatic rings. The molecule has 0 aromatic carbocycles. The van der Waals surface area contributed by atoms with Crippen molar-refractivity contribution in [2.24, 2.45) is 0 Å². The second-order valence-electron chi connectivity index (χ2n) is 7.35. The highest BCUT2D eigenvalue weighted by molar-refractivity contribution is 5.98. The van der Waals surface area contributed by atoms with Gasteiger partial charge >= 0.3 is 0 Å². The highest BCUT2D eigenvalue weighted by Gasteiger charge is 2.37. The van der Waals surface area contributed by atoms with Gasteiger partial charge in [0.1, 0.15) is 29.5 Å². The molecule has 10 nitrogen and oxygen atoms in total. The first-order chi connectivity index (χ1) is 14.8. The topological polar surface area (TPSA) is 122 Å². The van der Waals surface area contributed by atoms with Crippen molar-refractivity contribution < 1.29 is 19.1 Å². The first-order valence-electron chi connectivity index (χ1n) is 9.81. The molecule has 31 heavy (non-hydrogen) atoms. The van der Waals surface area contributed by atoms with Crippen LogP contribution in [0.4, 0.5) is 10.2 Å². The molecule has 162 valence electrons. The van der Waals surface area contributed by atoms with Crippen LogP contribution in [0.15, 0.2) is 29.2 Å². The minimum Gasteiger partial charge on any atom is -0.394 e. The summed E-state index contributed by atoms with van der Waals surface area (Å²) in [6, 6.07) is 3.66. The van der Waals surface area contributed by atoms with E-state index in [2.05, 4.69) is 15.4 Å². The molecule has 0 saturated carbocycles. The maximum absolute atomic E-state index is 13.1. The minimum absolute atomic E-state index is 0.0210. The van der Waals surface area contributed by atoms with E-state index in [9.17, 15) is 23.9 Å². The minimum atomic E-state index is -0.534. The van der Waals surface area contributed by atoms with Gasteiger partial charge in [-0.1, -0.05) is 6.92 Å². The molecule has 1 aliphatic heterocycles. The third-order valence-electron chi connectivity index (χ3n) is 5.27. The highest BCUT2D eigenvalue weighted by atomic mass is 19.1. The molecule has 2 amide bonds. The van der Waals surface area contributed by atoms with Crippen molar-refractivity contribution in [3.8, 4) is 0 Å². The largest absolute Gasteiger partial charge is 0.394 e. The zero-order chi connectivity index (χ0) is 22.3. The lowest BCUT2D eigenvalue weighted by molar-refractivity contribution is -0.116. The standard InChI is InChI=1S/C20H21FN6O4/c1-3-13-6-17-26(9-16(29)23-15-5-4-12(21)7-22-15)18-14(19(30)27(17)24-13)8-25(20(18)31)11(2)10-28/h4-7,11,28H,3,8-10H2,1-2H3,(H,22,23,29). The molecular formula is C20H21FN6O4. The van der Waals surface area contributed by atoms with Gasteiger partial charge < -0.3 is 19.9 Å². The third kappa shape index (κ3) is 3.56. The molecule has 0 saturated heterocycles. The monoisotopic (exact) mass is 428 g/mol. The number of anilines is 1. The number of fused-ring (bicyclic) bond motifs is 2. The number of nitrogens with one attached hydrogen (secondary N) is 1. The second kappa shape index (κ2) is 7.91. The predicted octanol–water partition coefficient (Wildman–Crippen LogP) is 0.568. The summed E-state index contributed by atoms with van der Waals surface area (Å²) in [5, 5.41) is 16.3. The summed E-state index contributed by atoms with van der Waals surface area (Å²) < 4.78 is 15.7. The third-order valence-corrected chi connectivity index (χ3v) is 5.27. The van der Waals surface area contributed by atoms with Gasteiger partial charge in [0.2, 0.25) is 5.91 Å². The van der Waals surface area contributed by atoms with E-state index in [1.54, 1.807) is 13.0 Å². The molecule has 2 N–H and O–H groups in total. The van der Waals surface area contributed by atoms with Crippen LogP contribution in [-0.2, 0) is 24.3 Å². The molecule has 4 heterocycles. The summed E-state index contributed by atoms with van der Waals surface area (Å²) in [5.41, 5.74) is 0.846. The van der Waals surface area contributed by atoms with Gasteiger partial charge in [0.05, 0.1) is 36.6 Å². The number of hydrogen-bond donors (Lipinski definition) is 2. The summed E-state index contributed by atoms with van der Waals surface area (Å²) in [5.74, 6) is -1.33. The molecule has 1 unspecified atom stereocenters. The smallest absolute Gasteiger partial charge is 0.280 e. The first-order valence-corrected chi connectivity index (χ1v) is 9.81. The van der Waals surface area contributed by atoms with Gasteiger partial charge in [0.15, 0.2) is 0 Å². The summed E-state index contributed by atoms with van der Waals surface area (Å²) in [6.07, 6.45) is 1.55. The van der Waals surface area contributed by atoms with Crippen molar-refractivity contribution in [1.29, 1.82) is 0 Å². The van der Waals surface area contributed by atoms with Crippen LogP contribution >= 0.6 is 0 Å². The number of hydrogen-bond acceptors (Lipinski definition) is 6. The Balaban J connectivity index is 1.79. The van der Waals surface area contributed by atoms with E-state index < -0.39 is 29.2 Å². The van der Waals surface area contributed by atoms with Crippen LogP contribution in [0, 0.1) is 5.82 Å². The van der Waals surface area contributed by atoms with Gasteiger partial charge in [-0.25, -0.2) is 9.37 Å². The fourth-order valence-corrected chi connectivity index (χ4v) is 3.60. The molecule has 0 bridgehead atoms. The van der Waals surface area contributed by atoms with E-state index in [0.717, 1.165) is 6.20 Å². The van der Waals surface area contributed by atoms with Gasteiger partial charge in [-0.15, -0.1) is 0 Å². The van der Waals surface area contributed by atoms with E-state index in [-0.39, 0.29) is 36.8 Å². The van der Waals surface area contributed by atoms with E-state index in [1.807, 2.05) is 6.92 Å². The van der Waals surface area contributed by atoms with E-state index >= 15 is 0 Å². The maximum atomic E-state index is 13.1. The lowest BCUT2D eigenvalue weighted by atomic mass is 10.2. The van der Waals surface area contributed by atoms with E-state index in [4.69, 9.17) is 0 Å². The normalized spacial score (nSPS) is 14.2. The molecule has 0 spiro atoms. The number of aryl methyl sites for hydroxylation is 1. The zero-order valence-electron chi connectivity index (χ0n) is 17.0. The molecule has 1 aliphatic rings. The van der Waals surface area contributed by atoms with Crippen LogP contribution in [0.2, 0.25) is 0 Å². The van der Waals surface area contributed by atoms with Crippen LogP contribution < -0.4 is 10.9 Å². The van der Waals surface area contributed by atoms with Gasteiger partial charge in [-0.05, 0) is 25.5 Å². The molecular weight excluding hydrogens is 407 g/mol. The van der Waals surface area contributed by atoms with Gasteiger partial charge in [-0.2, -0.15) is 9.61 Å². The van der Waals surface area contributed by atoms with Gasteiger partial charge in [-0.3, -0.25) is 14.4 Å². The fourth-order valence-electron chi connectivity index (χ4n) is 3.60. The highest BCUT2D eigenvalue weighted by Crippen LogP contribution is 2.24. The van der Waals surface area contributed by atoms with Crippen LogP contribution in [0.3, 0.4) is 0 Å². The summed E-state index contributed by atoms with van der Waals surface area (Å²) in [7, 11) is 0. The van der Waals surface area contributed by atoms with Crippen molar-refractivity contribution in [2.45, 2.75) is 39.4 Å². The Labute approximate surface area is 175 Å². The lowest BCUT2D eigenvalue weighted by Crippen LogP contribution is -2.36. The number of carbonyl (C=O) groups is 2. The van der Waals surface area contributed by atoms with E-state index in [0.29, 0.717) is 17.8 Å². The molecule has 11 heteroatoms. The predicted molar refractivity (Wildman–Crippen MR) is 108 cm³/mol. The Bertz CT molecular complexity index is 1230. The lowest BCUT2D eigenvalue weighted by Gasteiger charge is -2.22. The number of aliphatic hydroxyl groups excluding tert-OH is 1. The summed E-state index contributed by atoms with van der Waals surface area (Å²) >= 11 is 0. The Hall–Kier alpha value is -3.60. The SMILES string of the molecule is CCc1cc2n(CC(=O)Nc3ccc(F)cn3)c3c(c(=O)n2n1)CN(C(C)CO)C3=O. The Kier molecular flexibility index (Phi) is 5.27. The second-order valence-corrected chi connectivity index (χ2v) is 7.35. The van der Waals surface area contributed by atoms with E-state index in [1.165, 1.54) is 26.1 Å². The van der Waals surface area contributed by atoms with Crippen LogP contribution in [0.25, 0.3) is 5.65 Å². The average molecular weight is 428 g/mol. The van der Waals surface area contributed by atoms with Crippen molar-refractivity contribution in [2.75, 3.05) is 11.9 Å². The van der Waals surface area contributed by atoms with Crippen molar-refractivity contribution in [3.05, 3.63) is 57.5 Å². The number of nitrogens with zero attached hydrogens (tertiary/aromatic N) is 5. The van der Waals surface area contributed by atoms with Gasteiger partial charge in [0, 0.05) is 6.07 Å². The zero-order valence-corrected chi connectivity index (χ0v) is 17.0. The first kappa shape index (κ1) is 20.7. The number of rotatable bonds is 6. The average Bonchev–Trinajstić information content (AvgIpc) is 3.34. The number of carbonyl (C=O) groups excluding carboxylic acids is 2. The number of aromatic nitrogens is 4. The van der Waals surface area contributed by atoms with Crippen molar-refractivity contribution in [1.82, 2.24) is 24.1 Å². The molecule has 3 aromatic heterocycles. The van der Waals surface area contributed by atoms with Gasteiger partial charge in [0.25, 0.3) is 11.5 Å². The Morgan fingerprint density at radius 3 is 2.77 bits per heavy atom. The quantitative estimate of drug-likeness (QED) is 0.592. The Morgan fingerprint density at radius 1 is 1.35 bits per heavy atom.